The predicted octanol–water partition coefficient (Wildman–Crippen LogP) is 4.28. The van der Waals surface area contributed by atoms with Crippen LogP contribution in [0.2, 0.25) is 0 Å². The van der Waals surface area contributed by atoms with E-state index in [0.29, 0.717) is 6.54 Å². The van der Waals surface area contributed by atoms with Crippen molar-refractivity contribution in [2.45, 2.75) is 81.9 Å². The number of nitrogens with zero attached hydrogens (tertiary/aromatic N) is 1. The van der Waals surface area contributed by atoms with Gasteiger partial charge in [-0.25, -0.2) is 0 Å². The summed E-state index contributed by atoms with van der Waals surface area (Å²) in [5, 5.41) is 23.9. The summed E-state index contributed by atoms with van der Waals surface area (Å²) in [5.41, 5.74) is -0.0779. The van der Waals surface area contributed by atoms with Gasteiger partial charge in [-0.15, -0.1) is 0 Å². The lowest BCUT2D eigenvalue weighted by molar-refractivity contribution is -0.264. The van der Waals surface area contributed by atoms with Crippen LogP contribution in [0.4, 0.5) is 0 Å². The lowest BCUT2D eigenvalue weighted by Crippen LogP contribution is -2.64. The Hall–Kier alpha value is -0.900. The summed E-state index contributed by atoms with van der Waals surface area (Å²) in [4.78, 5) is 0. The normalized spacial score (nSPS) is 24.3. The van der Waals surface area contributed by atoms with Crippen LogP contribution in [-0.4, -0.2) is 26.5 Å². The first-order chi connectivity index (χ1) is 10.7. The Bertz CT molecular complexity index is 462. The van der Waals surface area contributed by atoms with E-state index < -0.39 is 11.1 Å². The Morgan fingerprint density at radius 1 is 0.818 bits per heavy atom. The molecule has 22 heavy (non-hydrogen) atoms. The molecule has 2 aliphatic rings. The molecular weight excluding hydrogens is 274 g/mol. The van der Waals surface area contributed by atoms with Gasteiger partial charge in [0.05, 0.1) is 11.1 Å². The molecule has 1 aromatic rings. The average Bonchev–Trinajstić information content (AvgIpc) is 2.57. The molecule has 0 aliphatic heterocycles. The van der Waals surface area contributed by atoms with Crippen LogP contribution in [0.5, 0.6) is 0 Å². The fourth-order valence-corrected chi connectivity index (χ4v) is 4.61. The van der Waals surface area contributed by atoms with E-state index in [9.17, 15) is 10.3 Å². The number of aliphatic hydroxyl groups is 1. The fourth-order valence-electron chi connectivity index (χ4n) is 4.61. The molecule has 3 heteroatoms. The first-order valence-corrected chi connectivity index (χ1v) is 8.89. The maximum Gasteiger partial charge on any atom is 0.0853 e. The molecular formula is C19H29NO2. The van der Waals surface area contributed by atoms with E-state index in [2.05, 4.69) is 0 Å². The highest BCUT2D eigenvalue weighted by molar-refractivity contribution is 5.16. The Kier molecular flexibility index (Phi) is 4.86. The monoisotopic (exact) mass is 303 g/mol. The minimum atomic E-state index is -0.727. The first kappa shape index (κ1) is 16.0. The van der Waals surface area contributed by atoms with Gasteiger partial charge in [0.1, 0.15) is 0 Å². The SMILES string of the molecule is ON(Cc1ccccc1)C1(C2(O)CCCCC2)CCCCC1. The van der Waals surface area contributed by atoms with Gasteiger partial charge in [-0.1, -0.05) is 68.9 Å². The second kappa shape index (κ2) is 6.69. The third-order valence-corrected chi connectivity index (χ3v) is 5.90. The third kappa shape index (κ3) is 2.94. The van der Waals surface area contributed by atoms with Crippen molar-refractivity contribution >= 4 is 0 Å². The summed E-state index contributed by atoms with van der Waals surface area (Å²) in [7, 11) is 0. The first-order valence-electron chi connectivity index (χ1n) is 8.89. The molecule has 0 bridgehead atoms. The summed E-state index contributed by atoms with van der Waals surface area (Å²) in [5.74, 6) is 0. The minimum Gasteiger partial charge on any atom is -0.388 e. The maximum atomic E-state index is 11.4. The van der Waals surface area contributed by atoms with E-state index in [1.807, 2.05) is 30.3 Å². The minimum absolute atomic E-state index is 0.457. The Balaban J connectivity index is 1.85. The summed E-state index contributed by atoms with van der Waals surface area (Å²) in [6.45, 7) is 0.503. The second-order valence-corrected chi connectivity index (χ2v) is 7.23. The van der Waals surface area contributed by atoms with Crippen molar-refractivity contribution in [2.75, 3.05) is 0 Å². The summed E-state index contributed by atoms with van der Waals surface area (Å²) < 4.78 is 0. The molecule has 1 aromatic carbocycles. The molecule has 3 nitrogen and oxygen atoms in total. The predicted molar refractivity (Wildman–Crippen MR) is 87.6 cm³/mol. The topological polar surface area (TPSA) is 43.7 Å². The van der Waals surface area contributed by atoms with Crippen molar-refractivity contribution in [2.24, 2.45) is 0 Å². The van der Waals surface area contributed by atoms with Gasteiger partial charge < -0.3 is 10.3 Å². The third-order valence-electron chi connectivity index (χ3n) is 5.90. The van der Waals surface area contributed by atoms with Gasteiger partial charge in [0.25, 0.3) is 0 Å². The largest absolute Gasteiger partial charge is 0.388 e. The van der Waals surface area contributed by atoms with E-state index >= 15 is 0 Å². The standard InChI is InChI=1S/C19H29NO2/c21-19(14-8-3-9-15-19)18(12-6-2-7-13-18)20(22)16-17-10-4-1-5-11-17/h1,4-5,10-11,21-22H,2-3,6-9,12-16H2. The molecule has 0 spiro atoms. The van der Waals surface area contributed by atoms with E-state index in [0.717, 1.165) is 56.9 Å². The molecule has 2 fully saturated rings. The molecule has 2 N–H and O–H groups in total. The van der Waals surface area contributed by atoms with E-state index in [1.54, 1.807) is 0 Å². The molecule has 122 valence electrons. The number of hydrogen-bond donors (Lipinski definition) is 2. The molecule has 0 heterocycles. The zero-order valence-corrected chi connectivity index (χ0v) is 13.5. The molecule has 0 unspecified atom stereocenters. The van der Waals surface area contributed by atoms with Crippen molar-refractivity contribution in [3.8, 4) is 0 Å². The van der Waals surface area contributed by atoms with Crippen LogP contribution in [0.1, 0.15) is 69.8 Å². The molecule has 2 saturated carbocycles. The van der Waals surface area contributed by atoms with E-state index in [4.69, 9.17) is 0 Å². The van der Waals surface area contributed by atoms with Gasteiger partial charge in [0.2, 0.25) is 0 Å². The second-order valence-electron chi connectivity index (χ2n) is 7.23. The number of hydrogen-bond acceptors (Lipinski definition) is 3. The van der Waals surface area contributed by atoms with Crippen LogP contribution in [0, 0.1) is 0 Å². The highest BCUT2D eigenvalue weighted by atomic mass is 16.5. The highest BCUT2D eigenvalue weighted by Crippen LogP contribution is 2.48. The molecule has 0 amide bonds. The maximum absolute atomic E-state index is 11.4. The van der Waals surface area contributed by atoms with Crippen LogP contribution in [0.3, 0.4) is 0 Å². The molecule has 0 saturated heterocycles. The molecule has 2 aliphatic carbocycles. The molecule has 0 radical (unpaired) electrons. The van der Waals surface area contributed by atoms with Gasteiger partial charge in [-0.3, -0.25) is 0 Å². The Morgan fingerprint density at radius 2 is 1.36 bits per heavy atom. The molecule has 0 aromatic heterocycles. The van der Waals surface area contributed by atoms with Crippen LogP contribution in [0.25, 0.3) is 0 Å². The lowest BCUT2D eigenvalue weighted by Gasteiger charge is -2.54. The van der Waals surface area contributed by atoms with Crippen molar-refractivity contribution < 1.29 is 10.3 Å². The van der Waals surface area contributed by atoms with Crippen LogP contribution in [0.15, 0.2) is 30.3 Å². The Morgan fingerprint density at radius 3 is 1.95 bits per heavy atom. The van der Waals surface area contributed by atoms with Gasteiger partial charge in [-0.2, -0.15) is 5.06 Å². The lowest BCUT2D eigenvalue weighted by atomic mass is 9.64. The molecule has 3 rings (SSSR count). The van der Waals surface area contributed by atoms with E-state index in [-0.39, 0.29) is 0 Å². The van der Waals surface area contributed by atoms with Gasteiger partial charge in [-0.05, 0) is 31.2 Å². The number of hydroxylamine groups is 2. The quantitative estimate of drug-likeness (QED) is 0.816. The number of benzene rings is 1. The summed E-state index contributed by atoms with van der Waals surface area (Å²) in [6.07, 6.45) is 10.3. The van der Waals surface area contributed by atoms with E-state index in [1.165, 1.54) is 17.9 Å². The summed E-state index contributed by atoms with van der Waals surface area (Å²) >= 11 is 0. The van der Waals surface area contributed by atoms with Crippen molar-refractivity contribution in [1.82, 2.24) is 5.06 Å². The van der Waals surface area contributed by atoms with Crippen LogP contribution >= 0.6 is 0 Å². The Labute approximate surface area is 133 Å². The van der Waals surface area contributed by atoms with Gasteiger partial charge in [0, 0.05) is 6.54 Å². The fraction of sp³-hybridized carbons (Fsp3) is 0.684. The van der Waals surface area contributed by atoms with Crippen molar-refractivity contribution in [1.29, 1.82) is 0 Å². The average molecular weight is 303 g/mol. The zero-order valence-electron chi connectivity index (χ0n) is 13.5. The number of rotatable bonds is 4. The van der Waals surface area contributed by atoms with Gasteiger partial charge in [0.15, 0.2) is 0 Å². The van der Waals surface area contributed by atoms with Crippen molar-refractivity contribution in [3.05, 3.63) is 35.9 Å². The summed E-state index contributed by atoms with van der Waals surface area (Å²) in [6, 6.07) is 10.1. The van der Waals surface area contributed by atoms with Gasteiger partial charge >= 0.3 is 0 Å². The van der Waals surface area contributed by atoms with Crippen LogP contribution in [-0.2, 0) is 6.54 Å². The smallest absolute Gasteiger partial charge is 0.0853 e. The zero-order chi connectivity index (χ0) is 15.5. The molecule has 0 atom stereocenters. The van der Waals surface area contributed by atoms with Crippen LogP contribution < -0.4 is 0 Å². The highest BCUT2D eigenvalue weighted by Gasteiger charge is 2.54. The van der Waals surface area contributed by atoms with Crippen molar-refractivity contribution in [3.63, 3.8) is 0 Å².